The van der Waals surface area contributed by atoms with Crippen LogP contribution in [0.2, 0.25) is 0 Å². The van der Waals surface area contributed by atoms with Crippen molar-refractivity contribution < 1.29 is 17.9 Å². The molecule has 0 fully saturated rings. The first-order valence-corrected chi connectivity index (χ1v) is 8.72. The van der Waals surface area contributed by atoms with Gasteiger partial charge in [-0.1, -0.05) is 30.3 Å². The smallest absolute Gasteiger partial charge is 0.330 e. The molecule has 0 unspecified atom stereocenters. The third-order valence-electron chi connectivity index (χ3n) is 2.97. The largest absolute Gasteiger partial charge is 0.461 e. The van der Waals surface area contributed by atoms with Crippen molar-refractivity contribution in [2.45, 2.75) is 4.90 Å². The lowest BCUT2D eigenvalue weighted by Gasteiger charge is -2.08. The normalized spacial score (nSPS) is 11.4. The van der Waals surface area contributed by atoms with Crippen molar-refractivity contribution in [2.24, 2.45) is 5.73 Å². The number of carbonyl (C=O) groups excluding carboxylic acids is 1. The molecule has 0 heterocycles. The maximum Gasteiger partial charge on any atom is 0.330 e. The highest BCUT2D eigenvalue weighted by Gasteiger charge is 2.14. The molecule has 0 bridgehead atoms. The molecule has 6 nitrogen and oxygen atoms in total. The zero-order chi connectivity index (χ0) is 17.4. The predicted octanol–water partition coefficient (Wildman–Crippen LogP) is 2.00. The van der Waals surface area contributed by atoms with Crippen molar-refractivity contribution in [3.05, 3.63) is 66.2 Å². The second kappa shape index (κ2) is 8.28. The molecule has 0 aliphatic carbocycles. The second-order valence-corrected chi connectivity index (χ2v) is 6.52. The highest BCUT2D eigenvalue weighted by molar-refractivity contribution is 7.92. The van der Waals surface area contributed by atoms with Gasteiger partial charge in [-0.05, 0) is 35.9 Å². The average molecular weight is 346 g/mol. The zero-order valence-electron chi connectivity index (χ0n) is 12.9. The van der Waals surface area contributed by atoms with Crippen LogP contribution in [-0.4, -0.2) is 27.5 Å². The summed E-state index contributed by atoms with van der Waals surface area (Å²) in [6.45, 7) is 0.386. The fourth-order valence-corrected chi connectivity index (χ4v) is 2.99. The Labute approximate surface area is 141 Å². The lowest BCUT2D eigenvalue weighted by molar-refractivity contribution is -0.137. The molecule has 2 rings (SSSR count). The summed E-state index contributed by atoms with van der Waals surface area (Å²) in [7, 11) is -3.71. The van der Waals surface area contributed by atoms with Crippen LogP contribution in [0.3, 0.4) is 0 Å². The van der Waals surface area contributed by atoms with Crippen LogP contribution in [0.5, 0.6) is 0 Å². The number of hydrogen-bond donors (Lipinski definition) is 2. The van der Waals surface area contributed by atoms with Gasteiger partial charge in [0.1, 0.15) is 6.61 Å². The predicted molar refractivity (Wildman–Crippen MR) is 92.7 cm³/mol. The molecule has 0 spiro atoms. The van der Waals surface area contributed by atoms with E-state index in [0.29, 0.717) is 11.3 Å². The van der Waals surface area contributed by atoms with Crippen molar-refractivity contribution in [1.82, 2.24) is 0 Å². The third-order valence-corrected chi connectivity index (χ3v) is 4.35. The number of sulfonamides is 1. The summed E-state index contributed by atoms with van der Waals surface area (Å²) in [4.78, 5) is 11.5. The van der Waals surface area contributed by atoms with Gasteiger partial charge in [0.25, 0.3) is 10.0 Å². The Bertz CT molecular complexity index is 817. The Morgan fingerprint density at radius 3 is 2.58 bits per heavy atom. The molecule has 2 aromatic carbocycles. The molecular weight excluding hydrogens is 328 g/mol. The molecular formula is C17H18N2O4S. The van der Waals surface area contributed by atoms with Crippen molar-refractivity contribution >= 4 is 27.8 Å². The number of benzene rings is 2. The third kappa shape index (κ3) is 5.22. The summed E-state index contributed by atoms with van der Waals surface area (Å²) >= 11 is 0. The number of ether oxygens (including phenoxy) is 1. The maximum atomic E-state index is 12.4. The van der Waals surface area contributed by atoms with Crippen LogP contribution in [0, 0.1) is 0 Å². The van der Waals surface area contributed by atoms with Crippen molar-refractivity contribution in [2.75, 3.05) is 17.9 Å². The molecule has 0 aliphatic heterocycles. The van der Waals surface area contributed by atoms with Crippen molar-refractivity contribution in [1.29, 1.82) is 0 Å². The average Bonchev–Trinajstić information content (AvgIpc) is 2.59. The fourth-order valence-electron chi connectivity index (χ4n) is 1.88. The first-order chi connectivity index (χ1) is 11.5. The van der Waals surface area contributed by atoms with E-state index >= 15 is 0 Å². The maximum absolute atomic E-state index is 12.4. The van der Waals surface area contributed by atoms with Crippen LogP contribution in [0.25, 0.3) is 6.08 Å². The van der Waals surface area contributed by atoms with Crippen LogP contribution < -0.4 is 10.5 Å². The van der Waals surface area contributed by atoms with Gasteiger partial charge in [0.05, 0.1) is 4.90 Å². The summed E-state index contributed by atoms with van der Waals surface area (Å²) in [6, 6.07) is 14.8. The number of nitrogens with one attached hydrogen (secondary N) is 1. The van der Waals surface area contributed by atoms with Gasteiger partial charge in [0.15, 0.2) is 0 Å². The van der Waals surface area contributed by atoms with E-state index in [2.05, 4.69) is 4.72 Å². The van der Waals surface area contributed by atoms with Gasteiger partial charge in [0, 0.05) is 18.3 Å². The number of hydrogen-bond acceptors (Lipinski definition) is 5. The lowest BCUT2D eigenvalue weighted by Crippen LogP contribution is -2.13. The van der Waals surface area contributed by atoms with E-state index in [9.17, 15) is 13.2 Å². The SMILES string of the molecule is NCCOC(=O)/C=C/c1cccc(S(=O)(=O)Nc2ccccc2)c1. The standard InChI is InChI=1S/C17H18N2O4S/c18-11-12-23-17(20)10-9-14-5-4-8-16(13-14)24(21,22)19-15-6-2-1-3-7-15/h1-10,13,19H,11-12,18H2/b10-9+. The van der Waals surface area contributed by atoms with Gasteiger partial charge >= 0.3 is 5.97 Å². The van der Waals surface area contributed by atoms with Gasteiger partial charge in [-0.2, -0.15) is 0 Å². The number of para-hydroxylation sites is 1. The summed E-state index contributed by atoms with van der Waals surface area (Å²) in [5.41, 5.74) is 6.28. The van der Waals surface area contributed by atoms with Crippen LogP contribution in [0.15, 0.2) is 65.6 Å². The van der Waals surface area contributed by atoms with E-state index in [1.807, 2.05) is 0 Å². The first-order valence-electron chi connectivity index (χ1n) is 7.24. The van der Waals surface area contributed by atoms with Crippen LogP contribution in [-0.2, 0) is 19.6 Å². The van der Waals surface area contributed by atoms with E-state index in [1.54, 1.807) is 42.5 Å². The van der Waals surface area contributed by atoms with E-state index in [-0.39, 0.29) is 18.0 Å². The van der Waals surface area contributed by atoms with Crippen molar-refractivity contribution in [3.63, 3.8) is 0 Å². The fraction of sp³-hybridized carbons (Fsp3) is 0.118. The monoisotopic (exact) mass is 346 g/mol. The minimum absolute atomic E-state index is 0.101. The highest BCUT2D eigenvalue weighted by atomic mass is 32.2. The summed E-state index contributed by atoms with van der Waals surface area (Å²) in [6.07, 6.45) is 2.71. The molecule has 2 aromatic rings. The first kappa shape index (κ1) is 17.7. The Morgan fingerprint density at radius 2 is 1.88 bits per heavy atom. The van der Waals surface area contributed by atoms with E-state index in [4.69, 9.17) is 10.5 Å². The minimum atomic E-state index is -3.71. The minimum Gasteiger partial charge on any atom is -0.461 e. The quantitative estimate of drug-likeness (QED) is 0.590. The number of anilines is 1. The molecule has 0 atom stereocenters. The van der Waals surface area contributed by atoms with Crippen LogP contribution >= 0.6 is 0 Å². The molecule has 0 aliphatic rings. The number of esters is 1. The van der Waals surface area contributed by atoms with Gasteiger partial charge in [0.2, 0.25) is 0 Å². The number of rotatable bonds is 7. The van der Waals surface area contributed by atoms with Gasteiger partial charge in [-0.3, -0.25) is 4.72 Å². The Balaban J connectivity index is 2.14. The molecule has 7 heteroatoms. The summed E-state index contributed by atoms with van der Waals surface area (Å²) in [5.74, 6) is -0.531. The Kier molecular flexibility index (Phi) is 6.11. The van der Waals surface area contributed by atoms with Crippen LogP contribution in [0.1, 0.15) is 5.56 Å². The Hall–Kier alpha value is -2.64. The summed E-state index contributed by atoms with van der Waals surface area (Å²) < 4.78 is 32.1. The molecule has 0 radical (unpaired) electrons. The molecule has 0 aromatic heterocycles. The second-order valence-electron chi connectivity index (χ2n) is 4.83. The zero-order valence-corrected chi connectivity index (χ0v) is 13.7. The highest BCUT2D eigenvalue weighted by Crippen LogP contribution is 2.17. The molecule has 24 heavy (non-hydrogen) atoms. The summed E-state index contributed by atoms with van der Waals surface area (Å²) in [5, 5.41) is 0. The molecule has 126 valence electrons. The Morgan fingerprint density at radius 1 is 1.12 bits per heavy atom. The van der Waals surface area contributed by atoms with E-state index in [1.165, 1.54) is 24.3 Å². The molecule has 3 N–H and O–H groups in total. The van der Waals surface area contributed by atoms with E-state index in [0.717, 1.165) is 0 Å². The van der Waals surface area contributed by atoms with E-state index < -0.39 is 16.0 Å². The number of carbonyl (C=O) groups is 1. The topological polar surface area (TPSA) is 98.5 Å². The van der Waals surface area contributed by atoms with Gasteiger partial charge in [-0.15, -0.1) is 0 Å². The molecule has 0 saturated heterocycles. The molecule has 0 saturated carbocycles. The van der Waals surface area contributed by atoms with Crippen molar-refractivity contribution in [3.8, 4) is 0 Å². The van der Waals surface area contributed by atoms with Crippen LogP contribution in [0.4, 0.5) is 5.69 Å². The lowest BCUT2D eigenvalue weighted by atomic mass is 10.2. The van der Waals surface area contributed by atoms with Gasteiger partial charge in [-0.25, -0.2) is 13.2 Å². The van der Waals surface area contributed by atoms with Gasteiger partial charge < -0.3 is 10.5 Å². The number of nitrogens with two attached hydrogens (primary N) is 1. The molecule has 0 amide bonds.